The Kier molecular flexibility index (Phi) is 8.95. The lowest BCUT2D eigenvalue weighted by molar-refractivity contribution is 0.0699. The Hall–Kier alpha value is -0.0300. The molecule has 1 aromatic rings. The molecular formula is C12H21BrN2O4S2. The van der Waals surface area contributed by atoms with Crippen LogP contribution in [0.15, 0.2) is 14.7 Å². The van der Waals surface area contributed by atoms with Crippen molar-refractivity contribution in [3.05, 3.63) is 14.7 Å². The summed E-state index contributed by atoms with van der Waals surface area (Å²) in [6.07, 6.45) is 0.619. The van der Waals surface area contributed by atoms with Crippen molar-refractivity contribution in [1.29, 1.82) is 0 Å². The predicted molar refractivity (Wildman–Crippen MR) is 87.3 cm³/mol. The molecule has 0 radical (unpaired) electrons. The molecule has 0 unspecified atom stereocenters. The topological polar surface area (TPSA) is 76.7 Å². The zero-order chi connectivity index (χ0) is 15.7. The van der Waals surface area contributed by atoms with Gasteiger partial charge in [0.1, 0.15) is 4.90 Å². The van der Waals surface area contributed by atoms with Crippen LogP contribution >= 0.6 is 27.3 Å². The van der Waals surface area contributed by atoms with Crippen molar-refractivity contribution in [3.8, 4) is 0 Å². The monoisotopic (exact) mass is 400 g/mol. The summed E-state index contributed by atoms with van der Waals surface area (Å²) in [5.41, 5.74) is 0. The minimum Gasteiger partial charge on any atom is -0.382 e. The molecule has 1 heterocycles. The van der Waals surface area contributed by atoms with E-state index in [2.05, 4.69) is 26.0 Å². The molecule has 0 aliphatic rings. The number of thiophene rings is 1. The number of ether oxygens (including phenoxy) is 2. The Morgan fingerprint density at radius 1 is 1.33 bits per heavy atom. The van der Waals surface area contributed by atoms with Gasteiger partial charge in [-0.25, -0.2) is 13.1 Å². The van der Waals surface area contributed by atoms with Gasteiger partial charge in [-0.05, 0) is 35.5 Å². The van der Waals surface area contributed by atoms with E-state index in [-0.39, 0.29) is 4.90 Å². The molecule has 122 valence electrons. The molecule has 0 aliphatic carbocycles. The van der Waals surface area contributed by atoms with Gasteiger partial charge < -0.3 is 14.8 Å². The van der Waals surface area contributed by atoms with Crippen LogP contribution in [0.4, 0.5) is 0 Å². The van der Waals surface area contributed by atoms with E-state index in [1.165, 1.54) is 11.3 Å². The molecule has 0 atom stereocenters. The van der Waals surface area contributed by atoms with Gasteiger partial charge in [0.15, 0.2) is 0 Å². The van der Waals surface area contributed by atoms with Crippen molar-refractivity contribution >= 4 is 37.3 Å². The number of methoxy groups -OCH3 is 1. The number of hydrogen-bond donors (Lipinski definition) is 2. The Labute approximate surface area is 138 Å². The first-order chi connectivity index (χ1) is 10.0. The number of hydrogen-bond acceptors (Lipinski definition) is 6. The lowest BCUT2D eigenvalue weighted by Gasteiger charge is -2.06. The van der Waals surface area contributed by atoms with Gasteiger partial charge >= 0.3 is 0 Å². The zero-order valence-electron chi connectivity index (χ0n) is 12.1. The maximum Gasteiger partial charge on any atom is 0.242 e. The van der Waals surface area contributed by atoms with Crippen molar-refractivity contribution in [2.75, 3.05) is 40.5 Å². The first kappa shape index (κ1) is 19.0. The van der Waals surface area contributed by atoms with Gasteiger partial charge in [-0.2, -0.15) is 0 Å². The maximum atomic E-state index is 12.2. The fourth-order valence-corrected chi connectivity index (χ4v) is 5.31. The summed E-state index contributed by atoms with van der Waals surface area (Å²) in [4.78, 5) is 1.26. The van der Waals surface area contributed by atoms with Crippen LogP contribution in [0.2, 0.25) is 0 Å². The van der Waals surface area contributed by atoms with Crippen LogP contribution in [0.3, 0.4) is 0 Å². The third kappa shape index (κ3) is 6.72. The molecule has 0 aromatic carbocycles. The molecule has 9 heteroatoms. The van der Waals surface area contributed by atoms with Crippen LogP contribution in [-0.2, 0) is 26.0 Å². The van der Waals surface area contributed by atoms with E-state index < -0.39 is 10.0 Å². The largest absolute Gasteiger partial charge is 0.382 e. The number of nitrogens with one attached hydrogen (secondary N) is 2. The summed E-state index contributed by atoms with van der Waals surface area (Å²) in [6, 6.07) is 1.68. The van der Waals surface area contributed by atoms with Crippen LogP contribution in [0.25, 0.3) is 0 Å². The average molecular weight is 401 g/mol. The van der Waals surface area contributed by atoms with Gasteiger partial charge in [0.2, 0.25) is 10.0 Å². The van der Waals surface area contributed by atoms with Gasteiger partial charge in [-0.3, -0.25) is 0 Å². The Balaban J connectivity index is 2.43. The molecule has 0 amide bonds. The highest BCUT2D eigenvalue weighted by Crippen LogP contribution is 2.31. The zero-order valence-corrected chi connectivity index (χ0v) is 15.4. The van der Waals surface area contributed by atoms with Crippen LogP contribution in [0.1, 0.15) is 11.3 Å². The summed E-state index contributed by atoms with van der Waals surface area (Å²) in [7, 11) is -0.0476. The molecule has 0 spiro atoms. The summed E-state index contributed by atoms with van der Waals surface area (Å²) in [5, 5.41) is 3.00. The molecule has 0 aliphatic heterocycles. The highest BCUT2D eigenvalue weighted by atomic mass is 79.9. The van der Waals surface area contributed by atoms with Crippen LogP contribution in [-0.4, -0.2) is 48.9 Å². The van der Waals surface area contributed by atoms with Crippen LogP contribution in [0, 0.1) is 0 Å². The van der Waals surface area contributed by atoms with Crippen molar-refractivity contribution in [3.63, 3.8) is 0 Å². The second-order valence-electron chi connectivity index (χ2n) is 4.24. The Bertz CT molecular complexity index is 519. The van der Waals surface area contributed by atoms with E-state index in [9.17, 15) is 8.42 Å². The molecule has 1 aromatic heterocycles. The normalized spacial score (nSPS) is 12.0. The van der Waals surface area contributed by atoms with Crippen molar-refractivity contribution in [2.24, 2.45) is 0 Å². The average Bonchev–Trinajstić information content (AvgIpc) is 2.80. The Morgan fingerprint density at radius 3 is 2.76 bits per heavy atom. The van der Waals surface area contributed by atoms with Crippen molar-refractivity contribution < 1.29 is 17.9 Å². The predicted octanol–water partition coefficient (Wildman–Crippen LogP) is 1.56. The lowest BCUT2D eigenvalue weighted by Crippen LogP contribution is -2.25. The van der Waals surface area contributed by atoms with Gasteiger partial charge in [-0.1, -0.05) is 0 Å². The minimum atomic E-state index is -3.48. The number of rotatable bonds is 11. The molecule has 2 N–H and O–H groups in total. The lowest BCUT2D eigenvalue weighted by atomic mass is 10.5. The van der Waals surface area contributed by atoms with E-state index >= 15 is 0 Å². The first-order valence-corrected chi connectivity index (χ1v) is 9.59. The van der Waals surface area contributed by atoms with Crippen LogP contribution in [0.5, 0.6) is 0 Å². The number of sulfonamides is 1. The molecule has 21 heavy (non-hydrogen) atoms. The van der Waals surface area contributed by atoms with Gasteiger partial charge in [0, 0.05) is 31.7 Å². The smallest absolute Gasteiger partial charge is 0.242 e. The van der Waals surface area contributed by atoms with E-state index in [1.807, 2.05) is 7.05 Å². The summed E-state index contributed by atoms with van der Waals surface area (Å²) >= 11 is 4.72. The SMILES string of the molecule is CNCc1cc(S(=O)(=O)NCCCOCCOC)c(Br)s1. The molecule has 0 fully saturated rings. The van der Waals surface area contributed by atoms with E-state index in [0.29, 0.717) is 43.1 Å². The fourth-order valence-electron chi connectivity index (χ4n) is 1.55. The van der Waals surface area contributed by atoms with E-state index in [1.54, 1.807) is 13.2 Å². The highest BCUT2D eigenvalue weighted by molar-refractivity contribution is 9.11. The fraction of sp³-hybridized carbons (Fsp3) is 0.667. The highest BCUT2D eigenvalue weighted by Gasteiger charge is 2.20. The first-order valence-electron chi connectivity index (χ1n) is 6.50. The summed E-state index contributed by atoms with van der Waals surface area (Å²) < 4.78 is 37.7. The van der Waals surface area contributed by atoms with Gasteiger partial charge in [0.25, 0.3) is 0 Å². The Morgan fingerprint density at radius 2 is 2.10 bits per heavy atom. The van der Waals surface area contributed by atoms with Crippen molar-refractivity contribution in [2.45, 2.75) is 17.9 Å². The van der Waals surface area contributed by atoms with E-state index in [4.69, 9.17) is 9.47 Å². The summed E-state index contributed by atoms with van der Waals surface area (Å²) in [6.45, 7) is 2.56. The van der Waals surface area contributed by atoms with Gasteiger partial charge in [-0.15, -0.1) is 11.3 Å². The maximum absolute atomic E-state index is 12.2. The summed E-state index contributed by atoms with van der Waals surface area (Å²) in [5.74, 6) is 0. The quantitative estimate of drug-likeness (QED) is 0.551. The van der Waals surface area contributed by atoms with Crippen LogP contribution < -0.4 is 10.0 Å². The van der Waals surface area contributed by atoms with E-state index in [0.717, 1.165) is 4.88 Å². The molecule has 6 nitrogen and oxygen atoms in total. The number of halogens is 1. The standard InChI is InChI=1S/C12H21BrN2O4S2/c1-14-9-10-8-11(12(13)20-10)21(16,17)15-4-3-5-19-7-6-18-2/h8,14-15H,3-7,9H2,1-2H3. The minimum absolute atomic E-state index is 0.290. The molecule has 0 saturated heterocycles. The molecular weight excluding hydrogens is 380 g/mol. The third-order valence-electron chi connectivity index (χ3n) is 2.54. The molecule has 0 saturated carbocycles. The second-order valence-corrected chi connectivity index (χ2v) is 8.43. The molecule has 1 rings (SSSR count). The van der Waals surface area contributed by atoms with Crippen molar-refractivity contribution in [1.82, 2.24) is 10.0 Å². The van der Waals surface area contributed by atoms with Gasteiger partial charge in [0.05, 0.1) is 17.0 Å². The molecule has 0 bridgehead atoms. The second kappa shape index (κ2) is 9.88. The third-order valence-corrected chi connectivity index (χ3v) is 6.25.